The Labute approximate surface area is 180 Å². The van der Waals surface area contributed by atoms with E-state index in [0.29, 0.717) is 30.3 Å². The van der Waals surface area contributed by atoms with Crippen molar-refractivity contribution in [1.29, 1.82) is 0 Å². The van der Waals surface area contributed by atoms with Gasteiger partial charge in [-0.15, -0.1) is 0 Å². The lowest BCUT2D eigenvalue weighted by atomic mass is 10.2. The maximum Gasteiger partial charge on any atom is 0.325 e. The molecule has 0 unspecified atom stereocenters. The zero-order valence-corrected chi connectivity index (χ0v) is 17.1. The number of nitrogens with one attached hydrogen (secondary N) is 1. The van der Waals surface area contributed by atoms with Crippen molar-refractivity contribution in [1.82, 2.24) is 4.90 Å². The van der Waals surface area contributed by atoms with Gasteiger partial charge in [0.1, 0.15) is 6.54 Å². The summed E-state index contributed by atoms with van der Waals surface area (Å²) in [7, 11) is 0. The van der Waals surface area contributed by atoms with E-state index in [1.54, 1.807) is 21.9 Å². The summed E-state index contributed by atoms with van der Waals surface area (Å²) in [6.07, 6.45) is 0. The van der Waals surface area contributed by atoms with Crippen molar-refractivity contribution in [2.75, 3.05) is 67.8 Å². The fourth-order valence-electron chi connectivity index (χ4n) is 3.97. The van der Waals surface area contributed by atoms with E-state index >= 15 is 0 Å². The minimum Gasteiger partial charge on any atom is -0.454 e. The van der Waals surface area contributed by atoms with Gasteiger partial charge in [0.2, 0.25) is 12.7 Å². The molecule has 1 N–H and O–H groups in total. The first kappa shape index (κ1) is 19.5. The first-order valence-electron chi connectivity index (χ1n) is 10.4. The maximum atomic E-state index is 12.8. The first-order chi connectivity index (χ1) is 15.2. The Balaban J connectivity index is 1.17. The summed E-state index contributed by atoms with van der Waals surface area (Å²) in [6, 6.07) is 13.0. The fourth-order valence-corrected chi connectivity index (χ4v) is 3.97. The molecule has 0 aromatic heterocycles. The number of carbonyl (C=O) groups excluding carboxylic acids is 2. The average molecular weight is 424 g/mol. The van der Waals surface area contributed by atoms with Crippen LogP contribution >= 0.6 is 0 Å². The van der Waals surface area contributed by atoms with Crippen LogP contribution < -0.4 is 24.6 Å². The Morgan fingerprint density at radius 3 is 2.45 bits per heavy atom. The highest BCUT2D eigenvalue weighted by Gasteiger charge is 2.31. The van der Waals surface area contributed by atoms with Crippen molar-refractivity contribution in [3.8, 4) is 11.5 Å². The van der Waals surface area contributed by atoms with E-state index in [1.807, 2.05) is 30.3 Å². The molecular weight excluding hydrogens is 400 g/mol. The Morgan fingerprint density at radius 1 is 0.903 bits per heavy atom. The second-order valence-corrected chi connectivity index (χ2v) is 7.59. The number of rotatable bonds is 5. The van der Waals surface area contributed by atoms with Gasteiger partial charge in [0.05, 0.1) is 13.2 Å². The molecule has 0 bridgehead atoms. The molecule has 5 rings (SSSR count). The molecule has 0 spiro atoms. The molecule has 2 aromatic rings. The normalized spacial score (nSPS) is 17.9. The summed E-state index contributed by atoms with van der Waals surface area (Å²) in [4.78, 5) is 30.7. The van der Waals surface area contributed by atoms with Crippen LogP contribution in [0.3, 0.4) is 0 Å². The smallest absolute Gasteiger partial charge is 0.325 e. The van der Waals surface area contributed by atoms with Crippen LogP contribution in [0.4, 0.5) is 21.9 Å². The molecule has 2 fully saturated rings. The van der Waals surface area contributed by atoms with Crippen LogP contribution in [0.15, 0.2) is 42.5 Å². The molecule has 0 atom stereocenters. The van der Waals surface area contributed by atoms with Crippen molar-refractivity contribution in [2.45, 2.75) is 0 Å². The van der Waals surface area contributed by atoms with Crippen molar-refractivity contribution in [3.63, 3.8) is 0 Å². The molecule has 31 heavy (non-hydrogen) atoms. The monoisotopic (exact) mass is 424 g/mol. The molecular formula is C22H24N4O5. The molecule has 3 amide bonds. The SMILES string of the molecule is O=C(CN1CCN(c2ccc3c(c2)OCO3)C1=O)Nc1ccc(N2CCOCC2)cc1. The van der Waals surface area contributed by atoms with Gasteiger partial charge in [0, 0.05) is 49.3 Å². The van der Waals surface area contributed by atoms with E-state index in [0.717, 1.165) is 37.7 Å². The number of urea groups is 1. The summed E-state index contributed by atoms with van der Waals surface area (Å²) in [5.74, 6) is 1.08. The zero-order valence-electron chi connectivity index (χ0n) is 17.1. The van der Waals surface area contributed by atoms with Crippen LogP contribution in [-0.4, -0.2) is 69.6 Å². The standard InChI is InChI=1S/C22H24N4O5/c27-21(23-16-1-3-17(4-2-16)24-9-11-29-12-10-24)14-25-7-8-26(22(25)28)18-5-6-19-20(13-18)31-15-30-19/h1-6,13H,7-12,14-15H2,(H,23,27). The Morgan fingerprint density at radius 2 is 1.65 bits per heavy atom. The van der Waals surface area contributed by atoms with Gasteiger partial charge in [-0.1, -0.05) is 0 Å². The van der Waals surface area contributed by atoms with Crippen molar-refractivity contribution in [3.05, 3.63) is 42.5 Å². The van der Waals surface area contributed by atoms with Gasteiger partial charge in [-0.2, -0.15) is 0 Å². The van der Waals surface area contributed by atoms with Crippen LogP contribution in [0.1, 0.15) is 0 Å². The van der Waals surface area contributed by atoms with Gasteiger partial charge in [-0.3, -0.25) is 9.69 Å². The third-order valence-corrected chi connectivity index (χ3v) is 5.62. The van der Waals surface area contributed by atoms with E-state index in [1.165, 1.54) is 0 Å². The Hall–Kier alpha value is -3.46. The third-order valence-electron chi connectivity index (χ3n) is 5.62. The lowest BCUT2D eigenvalue weighted by molar-refractivity contribution is -0.116. The summed E-state index contributed by atoms with van der Waals surface area (Å²) in [5, 5.41) is 2.88. The molecule has 0 aliphatic carbocycles. The zero-order chi connectivity index (χ0) is 21.2. The second kappa shape index (κ2) is 8.35. The molecule has 3 heterocycles. The first-order valence-corrected chi connectivity index (χ1v) is 10.4. The number of hydrogen-bond donors (Lipinski definition) is 1. The van der Waals surface area contributed by atoms with E-state index in [9.17, 15) is 9.59 Å². The number of ether oxygens (including phenoxy) is 3. The number of anilines is 3. The van der Waals surface area contributed by atoms with Gasteiger partial charge in [0.15, 0.2) is 11.5 Å². The van der Waals surface area contributed by atoms with Crippen molar-refractivity contribution < 1.29 is 23.8 Å². The summed E-state index contributed by atoms with van der Waals surface area (Å²) >= 11 is 0. The minimum atomic E-state index is -0.222. The highest BCUT2D eigenvalue weighted by atomic mass is 16.7. The Bertz CT molecular complexity index is 974. The number of fused-ring (bicyclic) bond motifs is 1. The molecule has 3 aliphatic rings. The predicted octanol–water partition coefficient (Wildman–Crippen LogP) is 2.13. The number of amides is 3. The molecule has 9 nitrogen and oxygen atoms in total. The van der Waals surface area contributed by atoms with E-state index < -0.39 is 0 Å². The van der Waals surface area contributed by atoms with Crippen LogP contribution in [0.25, 0.3) is 0 Å². The van der Waals surface area contributed by atoms with E-state index in [-0.39, 0.29) is 25.3 Å². The molecule has 3 aliphatic heterocycles. The predicted molar refractivity (Wildman–Crippen MR) is 115 cm³/mol. The number of morpholine rings is 1. The minimum absolute atomic E-state index is 0.00506. The molecule has 2 saturated heterocycles. The molecule has 2 aromatic carbocycles. The molecule has 0 saturated carbocycles. The average Bonchev–Trinajstić information content (AvgIpc) is 3.41. The van der Waals surface area contributed by atoms with Gasteiger partial charge in [0.25, 0.3) is 0 Å². The fraction of sp³-hybridized carbons (Fsp3) is 0.364. The van der Waals surface area contributed by atoms with Crippen LogP contribution in [0, 0.1) is 0 Å². The second-order valence-electron chi connectivity index (χ2n) is 7.59. The molecule has 0 radical (unpaired) electrons. The quantitative estimate of drug-likeness (QED) is 0.792. The lowest BCUT2D eigenvalue weighted by Gasteiger charge is -2.28. The van der Waals surface area contributed by atoms with Crippen LogP contribution in [0.2, 0.25) is 0 Å². The highest BCUT2D eigenvalue weighted by Crippen LogP contribution is 2.36. The largest absolute Gasteiger partial charge is 0.454 e. The topological polar surface area (TPSA) is 83.6 Å². The Kier molecular flexibility index (Phi) is 5.25. The third kappa shape index (κ3) is 4.09. The number of hydrogen-bond acceptors (Lipinski definition) is 6. The highest BCUT2D eigenvalue weighted by molar-refractivity contribution is 5.99. The summed E-state index contributed by atoms with van der Waals surface area (Å²) in [6.45, 7) is 4.37. The molecule has 9 heteroatoms. The van der Waals surface area contributed by atoms with E-state index in [4.69, 9.17) is 14.2 Å². The van der Waals surface area contributed by atoms with E-state index in [2.05, 4.69) is 10.2 Å². The van der Waals surface area contributed by atoms with Gasteiger partial charge < -0.3 is 29.3 Å². The lowest BCUT2D eigenvalue weighted by Crippen LogP contribution is -2.37. The maximum absolute atomic E-state index is 12.8. The summed E-state index contributed by atoms with van der Waals surface area (Å²) < 4.78 is 16.1. The van der Waals surface area contributed by atoms with Crippen molar-refractivity contribution in [2.24, 2.45) is 0 Å². The van der Waals surface area contributed by atoms with Crippen LogP contribution in [-0.2, 0) is 9.53 Å². The van der Waals surface area contributed by atoms with Crippen molar-refractivity contribution >= 4 is 29.0 Å². The van der Waals surface area contributed by atoms with Crippen LogP contribution in [0.5, 0.6) is 11.5 Å². The number of benzene rings is 2. The van der Waals surface area contributed by atoms with Gasteiger partial charge in [-0.25, -0.2) is 4.79 Å². The van der Waals surface area contributed by atoms with Gasteiger partial charge >= 0.3 is 6.03 Å². The van der Waals surface area contributed by atoms with Gasteiger partial charge in [-0.05, 0) is 36.4 Å². The number of carbonyl (C=O) groups is 2. The summed E-state index contributed by atoms with van der Waals surface area (Å²) in [5.41, 5.74) is 2.55. The molecule has 162 valence electrons. The number of nitrogens with zero attached hydrogens (tertiary/aromatic N) is 3.